The topological polar surface area (TPSA) is 0 Å². The van der Waals surface area contributed by atoms with Gasteiger partial charge in [-0.2, -0.15) is 68.0 Å². The van der Waals surface area contributed by atoms with Gasteiger partial charge in [-0.3, -0.25) is 0 Å². The molecule has 0 amide bonds. The molecule has 8 aromatic rings. The molecule has 0 aliphatic rings. The molecule has 48 heavy (non-hydrogen) atoms. The maximum atomic E-state index is 2.54. The molecule has 0 radical (unpaired) electrons. The van der Waals surface area contributed by atoms with Crippen LogP contribution >= 0.6 is 68.0 Å². The zero-order valence-corrected chi connectivity index (χ0v) is 32.7. The van der Waals surface area contributed by atoms with Gasteiger partial charge >= 0.3 is 0 Å². The Hall–Kier alpha value is -3.45. The second kappa shape index (κ2) is 14.2. The molecule has 8 rings (SSSR count). The molecule has 0 aliphatic heterocycles. The third-order valence-electron chi connectivity index (χ3n) is 8.67. The minimum Gasteiger partial charge on any atom is -0.152 e. The molecule has 0 unspecified atom stereocenters. The van der Waals surface area contributed by atoms with Gasteiger partial charge in [0.15, 0.2) is 0 Å². The Morgan fingerprint density at radius 2 is 0.562 bits per heavy atom. The molecular formula is C40H30S6Si2. The molecule has 0 spiro atoms. The summed E-state index contributed by atoms with van der Waals surface area (Å²) in [6.45, 7) is 0. The van der Waals surface area contributed by atoms with Crippen LogP contribution in [0.25, 0.3) is 23.3 Å². The highest BCUT2D eigenvalue weighted by Crippen LogP contribution is 2.24. The Morgan fingerprint density at radius 3 is 0.771 bits per heavy atom. The number of hydrogen-bond acceptors (Lipinski definition) is 6. The van der Waals surface area contributed by atoms with Crippen molar-refractivity contribution in [3.05, 3.63) is 176 Å². The maximum Gasteiger partial charge on any atom is 0.205 e. The molecular weight excluding hydrogens is 729 g/mol. The third-order valence-corrected chi connectivity index (χ3v) is 27.7. The van der Waals surface area contributed by atoms with Crippen molar-refractivity contribution in [2.45, 2.75) is 0 Å². The quantitative estimate of drug-likeness (QED) is 0.116. The standard InChI is InChI=1S/C40H30S6Si2/c1-7-35(41-23-1)47(36-8-2-24-42-36,37-9-3-25-43-37)29-21-31-13-17-33(18-14-31)34-19-15-32(16-20-34)22-30-48(38-10-4-26-44-38,39-11-5-27-45-39)40-12-6-28-46-40/h1-30H. The molecule has 234 valence electrons. The molecule has 0 aliphatic carbocycles. The van der Waals surface area contributed by atoms with Gasteiger partial charge < -0.3 is 0 Å². The Bertz CT molecular complexity index is 1860. The number of rotatable bonds is 11. The van der Waals surface area contributed by atoms with Gasteiger partial charge in [-0.25, -0.2) is 0 Å². The average molecular weight is 759 g/mol. The van der Waals surface area contributed by atoms with Crippen LogP contribution in [0.3, 0.4) is 0 Å². The largest absolute Gasteiger partial charge is 0.205 e. The Kier molecular flexibility index (Phi) is 9.40. The monoisotopic (exact) mass is 758 g/mol. The van der Waals surface area contributed by atoms with Crippen LogP contribution in [0.2, 0.25) is 0 Å². The zero-order valence-electron chi connectivity index (χ0n) is 25.8. The molecule has 0 saturated heterocycles. The van der Waals surface area contributed by atoms with E-state index in [4.69, 9.17) is 0 Å². The lowest BCUT2D eigenvalue weighted by molar-refractivity contribution is 1.59. The highest BCUT2D eigenvalue weighted by molar-refractivity contribution is 7.47. The summed E-state index contributed by atoms with van der Waals surface area (Å²) in [4.78, 5) is 0. The number of thiophene rings is 6. The van der Waals surface area contributed by atoms with E-state index in [1.165, 1.54) is 49.3 Å². The van der Waals surface area contributed by atoms with Crippen molar-refractivity contribution in [3.8, 4) is 11.1 Å². The summed E-state index contributed by atoms with van der Waals surface area (Å²) in [5.41, 5.74) is 10.0. The van der Waals surface area contributed by atoms with E-state index in [9.17, 15) is 0 Å². The van der Waals surface area contributed by atoms with Gasteiger partial charge in [-0.15, -0.1) is 0 Å². The fourth-order valence-electron chi connectivity index (χ4n) is 6.25. The second-order valence-corrected chi connectivity index (χ2v) is 26.4. The third kappa shape index (κ3) is 6.01. The zero-order chi connectivity index (χ0) is 32.2. The molecule has 6 aromatic heterocycles. The fraction of sp³-hybridized carbons (Fsp3) is 0. The summed E-state index contributed by atoms with van der Waals surface area (Å²) >= 11 is 11.3. The summed E-state index contributed by atoms with van der Waals surface area (Å²) < 4.78 is 8.89. The summed E-state index contributed by atoms with van der Waals surface area (Å²) in [7, 11) is -4.47. The van der Waals surface area contributed by atoms with Crippen molar-refractivity contribution in [3.63, 3.8) is 0 Å². The van der Waals surface area contributed by atoms with Crippen LogP contribution in [0.5, 0.6) is 0 Å². The van der Waals surface area contributed by atoms with E-state index < -0.39 is 16.1 Å². The van der Waals surface area contributed by atoms with Gasteiger partial charge in [0.25, 0.3) is 0 Å². The van der Waals surface area contributed by atoms with Crippen LogP contribution < -0.4 is 27.0 Å². The van der Waals surface area contributed by atoms with Crippen LogP contribution in [0.1, 0.15) is 11.1 Å². The van der Waals surface area contributed by atoms with E-state index >= 15 is 0 Å². The predicted octanol–water partition coefficient (Wildman–Crippen LogP) is 9.17. The fourth-order valence-corrected chi connectivity index (χ4v) is 26.5. The van der Waals surface area contributed by atoms with Crippen molar-refractivity contribution < 1.29 is 0 Å². The van der Waals surface area contributed by atoms with Gasteiger partial charge in [0.1, 0.15) is 0 Å². The lowest BCUT2D eigenvalue weighted by atomic mass is 10.0. The van der Waals surface area contributed by atoms with Gasteiger partial charge in [0.2, 0.25) is 16.1 Å². The smallest absolute Gasteiger partial charge is 0.152 e. The SMILES string of the molecule is C(=C[Si](c1cccs1)(c1cccs1)c1cccs1)c1ccc(-c2ccc(C=C[Si](c3cccs3)(c3cccs3)c3cccs3)cc2)cc1. The Morgan fingerprint density at radius 1 is 0.312 bits per heavy atom. The van der Waals surface area contributed by atoms with Crippen molar-refractivity contribution in [2.75, 3.05) is 0 Å². The molecule has 0 saturated carbocycles. The predicted molar refractivity (Wildman–Crippen MR) is 225 cm³/mol. The second-order valence-electron chi connectivity index (χ2n) is 11.4. The van der Waals surface area contributed by atoms with Crippen molar-refractivity contribution in [1.82, 2.24) is 0 Å². The van der Waals surface area contributed by atoms with E-state index in [-0.39, 0.29) is 0 Å². The van der Waals surface area contributed by atoms with Crippen LogP contribution in [0, 0.1) is 0 Å². The van der Waals surface area contributed by atoms with Crippen molar-refractivity contribution >= 4 is 123 Å². The van der Waals surface area contributed by atoms with E-state index in [2.05, 4.69) is 177 Å². The van der Waals surface area contributed by atoms with Gasteiger partial charge in [-0.1, -0.05) is 145 Å². The first-order valence-electron chi connectivity index (χ1n) is 15.6. The lowest BCUT2D eigenvalue weighted by Gasteiger charge is -2.25. The van der Waals surface area contributed by atoms with E-state index in [0.717, 1.165) is 0 Å². The number of benzene rings is 2. The van der Waals surface area contributed by atoms with Crippen LogP contribution in [-0.4, -0.2) is 16.1 Å². The van der Waals surface area contributed by atoms with Gasteiger partial charge in [0.05, 0.1) is 0 Å². The Balaban J connectivity index is 1.07. The van der Waals surface area contributed by atoms with Crippen LogP contribution in [-0.2, 0) is 0 Å². The molecule has 0 bridgehead atoms. The number of hydrogen-bond donors (Lipinski definition) is 0. The highest BCUT2D eigenvalue weighted by Gasteiger charge is 2.41. The molecule has 0 fully saturated rings. The maximum absolute atomic E-state index is 2.54. The molecule has 2 aromatic carbocycles. The summed E-state index contributed by atoms with van der Waals surface area (Å²) in [6, 6.07) is 45.3. The molecule has 0 atom stereocenters. The van der Waals surface area contributed by atoms with E-state index in [1.807, 2.05) is 68.0 Å². The van der Waals surface area contributed by atoms with E-state index in [0.29, 0.717) is 0 Å². The molecule has 6 heterocycles. The average Bonchev–Trinajstić information content (AvgIpc) is 3.99. The first kappa shape index (κ1) is 31.8. The molecule has 0 nitrogen and oxygen atoms in total. The normalized spacial score (nSPS) is 12.4. The molecule has 8 heteroatoms. The van der Waals surface area contributed by atoms with Crippen LogP contribution in [0.15, 0.2) is 165 Å². The summed E-state index contributed by atoms with van der Waals surface area (Å²) in [6.07, 6.45) is 4.71. The van der Waals surface area contributed by atoms with E-state index in [1.54, 1.807) is 0 Å². The first-order chi connectivity index (χ1) is 23.8. The minimum atomic E-state index is -2.24. The van der Waals surface area contributed by atoms with Crippen molar-refractivity contribution in [2.24, 2.45) is 0 Å². The summed E-state index contributed by atoms with van der Waals surface area (Å²) in [5.74, 6) is 0. The van der Waals surface area contributed by atoms with Gasteiger partial charge in [-0.05, 0) is 54.5 Å². The van der Waals surface area contributed by atoms with Gasteiger partial charge in [0, 0.05) is 27.0 Å². The highest BCUT2D eigenvalue weighted by atomic mass is 32.1. The first-order valence-corrected chi connectivity index (χ1v) is 25.0. The lowest BCUT2D eigenvalue weighted by Crippen LogP contribution is -2.63. The minimum absolute atomic E-state index is 1.23. The Labute approximate surface area is 308 Å². The van der Waals surface area contributed by atoms with Crippen LogP contribution in [0.4, 0.5) is 0 Å². The molecule has 0 N–H and O–H groups in total. The summed E-state index contributed by atoms with van der Waals surface area (Å²) in [5, 5.41) is 13.3. The van der Waals surface area contributed by atoms with Crippen molar-refractivity contribution in [1.29, 1.82) is 0 Å².